The van der Waals surface area contributed by atoms with Crippen molar-refractivity contribution in [3.05, 3.63) is 59.8 Å². The van der Waals surface area contributed by atoms with E-state index in [9.17, 15) is 9.18 Å². The maximum absolute atomic E-state index is 13.3. The summed E-state index contributed by atoms with van der Waals surface area (Å²) < 4.78 is 13.3. The molecule has 4 aromatic rings. The van der Waals surface area contributed by atoms with Gasteiger partial charge in [0.25, 0.3) is 0 Å². The van der Waals surface area contributed by atoms with Crippen molar-refractivity contribution >= 4 is 34.4 Å². The molecule has 4 aromatic heterocycles. The number of aromatic nitrogens is 4. The topological polar surface area (TPSA) is 83.6 Å². The second-order valence-corrected chi connectivity index (χ2v) is 6.33. The van der Waals surface area contributed by atoms with Crippen LogP contribution in [0.3, 0.4) is 0 Å². The van der Waals surface area contributed by atoms with Gasteiger partial charge in [-0.3, -0.25) is 14.8 Å². The van der Waals surface area contributed by atoms with Crippen molar-refractivity contribution in [2.75, 3.05) is 5.32 Å². The summed E-state index contributed by atoms with van der Waals surface area (Å²) in [5, 5.41) is 3.15. The van der Waals surface area contributed by atoms with Crippen LogP contribution < -0.4 is 5.32 Å². The van der Waals surface area contributed by atoms with E-state index in [2.05, 4.69) is 25.3 Å². The van der Waals surface area contributed by atoms with Gasteiger partial charge >= 0.3 is 0 Å². The lowest BCUT2D eigenvalue weighted by atomic mass is 10.0. The molecular formula is C19H13ClFN5O. The van der Waals surface area contributed by atoms with E-state index in [4.69, 9.17) is 11.6 Å². The zero-order valence-corrected chi connectivity index (χ0v) is 14.9. The highest BCUT2D eigenvalue weighted by Crippen LogP contribution is 2.37. The SMILES string of the molecule is CC(=O)Nc1cc(-c2[nH]c3cc(Cl)cnc3c2-c2ccc(F)cn2)ccn1. The molecule has 4 heterocycles. The van der Waals surface area contributed by atoms with Crippen LogP contribution in [0.4, 0.5) is 10.2 Å². The van der Waals surface area contributed by atoms with Crippen molar-refractivity contribution in [1.82, 2.24) is 19.9 Å². The molecule has 0 atom stereocenters. The number of fused-ring (bicyclic) bond motifs is 1. The number of hydrogen-bond acceptors (Lipinski definition) is 4. The summed E-state index contributed by atoms with van der Waals surface area (Å²) in [5.41, 5.74) is 4.13. The smallest absolute Gasteiger partial charge is 0.222 e. The van der Waals surface area contributed by atoms with E-state index in [0.29, 0.717) is 33.3 Å². The molecule has 0 saturated heterocycles. The molecule has 134 valence electrons. The molecule has 0 aromatic carbocycles. The van der Waals surface area contributed by atoms with E-state index in [1.807, 2.05) is 0 Å². The van der Waals surface area contributed by atoms with Crippen molar-refractivity contribution in [3.8, 4) is 22.5 Å². The summed E-state index contributed by atoms with van der Waals surface area (Å²) >= 11 is 6.07. The van der Waals surface area contributed by atoms with Gasteiger partial charge in [0.05, 0.1) is 39.2 Å². The Morgan fingerprint density at radius 1 is 1.15 bits per heavy atom. The third kappa shape index (κ3) is 3.37. The predicted molar refractivity (Wildman–Crippen MR) is 102 cm³/mol. The van der Waals surface area contributed by atoms with Gasteiger partial charge in [-0.1, -0.05) is 11.6 Å². The average Bonchev–Trinajstić information content (AvgIpc) is 3.00. The Bertz CT molecular complexity index is 1160. The first-order valence-corrected chi connectivity index (χ1v) is 8.42. The van der Waals surface area contributed by atoms with Crippen LogP contribution in [0.5, 0.6) is 0 Å². The third-order valence-electron chi connectivity index (χ3n) is 3.94. The molecule has 4 rings (SSSR count). The van der Waals surface area contributed by atoms with Crippen molar-refractivity contribution in [2.45, 2.75) is 6.92 Å². The molecule has 0 radical (unpaired) electrons. The van der Waals surface area contributed by atoms with Gasteiger partial charge in [-0.05, 0) is 30.3 Å². The Balaban J connectivity index is 1.96. The predicted octanol–water partition coefficient (Wildman–Crippen LogP) is 4.44. The summed E-state index contributed by atoms with van der Waals surface area (Å²) in [6.07, 6.45) is 4.29. The Labute approximate surface area is 158 Å². The normalized spacial score (nSPS) is 10.9. The van der Waals surface area contributed by atoms with Crippen LogP contribution in [-0.4, -0.2) is 25.8 Å². The second-order valence-electron chi connectivity index (χ2n) is 5.90. The number of nitrogens with one attached hydrogen (secondary N) is 2. The molecule has 0 unspecified atom stereocenters. The number of halogens is 2. The first kappa shape index (κ1) is 17.1. The number of amides is 1. The lowest BCUT2D eigenvalue weighted by Crippen LogP contribution is -2.07. The van der Waals surface area contributed by atoms with E-state index in [1.54, 1.807) is 36.7 Å². The molecule has 2 N–H and O–H groups in total. The molecular weight excluding hydrogens is 369 g/mol. The Kier molecular flexibility index (Phi) is 4.29. The molecule has 27 heavy (non-hydrogen) atoms. The number of carbonyl (C=O) groups excluding carboxylic acids is 1. The van der Waals surface area contributed by atoms with Gasteiger partial charge < -0.3 is 10.3 Å². The van der Waals surface area contributed by atoms with Crippen LogP contribution in [-0.2, 0) is 4.79 Å². The first-order valence-electron chi connectivity index (χ1n) is 8.04. The summed E-state index contributed by atoms with van der Waals surface area (Å²) in [5.74, 6) is -0.221. The number of anilines is 1. The summed E-state index contributed by atoms with van der Waals surface area (Å²) in [7, 11) is 0. The number of aromatic amines is 1. The molecule has 0 fully saturated rings. The molecule has 0 saturated carbocycles. The lowest BCUT2D eigenvalue weighted by Gasteiger charge is -2.07. The number of rotatable bonds is 3. The van der Waals surface area contributed by atoms with Gasteiger partial charge in [-0.15, -0.1) is 0 Å². The zero-order chi connectivity index (χ0) is 19.0. The molecule has 0 aliphatic heterocycles. The van der Waals surface area contributed by atoms with Crippen molar-refractivity contribution in [1.29, 1.82) is 0 Å². The summed E-state index contributed by atoms with van der Waals surface area (Å²) in [6, 6.07) is 8.23. The minimum Gasteiger partial charge on any atom is -0.353 e. The fraction of sp³-hybridized carbons (Fsp3) is 0.0526. The number of carbonyl (C=O) groups is 1. The van der Waals surface area contributed by atoms with Crippen LogP contribution in [0, 0.1) is 5.82 Å². The standard InChI is InChI=1S/C19H13ClFN5O/c1-10(27)25-16-6-11(4-5-22-16)18-17(14-3-2-13(21)9-23-14)19-15(26-18)7-12(20)8-24-19/h2-9,26H,1H3,(H,22,25,27). The van der Waals surface area contributed by atoms with Gasteiger partial charge in [-0.2, -0.15) is 0 Å². The quantitative estimate of drug-likeness (QED) is 0.549. The summed E-state index contributed by atoms with van der Waals surface area (Å²) in [4.78, 5) is 27.4. The van der Waals surface area contributed by atoms with Gasteiger partial charge in [-0.25, -0.2) is 9.37 Å². The Morgan fingerprint density at radius 2 is 2.00 bits per heavy atom. The zero-order valence-electron chi connectivity index (χ0n) is 14.1. The van der Waals surface area contributed by atoms with E-state index < -0.39 is 5.82 Å². The molecule has 0 aliphatic rings. The Hall–Kier alpha value is -3.32. The van der Waals surface area contributed by atoms with Crippen LogP contribution in [0.25, 0.3) is 33.5 Å². The molecule has 6 nitrogen and oxygen atoms in total. The van der Waals surface area contributed by atoms with Crippen LogP contribution in [0.15, 0.2) is 48.9 Å². The van der Waals surface area contributed by atoms with Crippen LogP contribution >= 0.6 is 11.6 Å². The fourth-order valence-electron chi connectivity index (χ4n) is 2.87. The van der Waals surface area contributed by atoms with E-state index >= 15 is 0 Å². The van der Waals surface area contributed by atoms with Gasteiger partial charge in [0.2, 0.25) is 5.91 Å². The Morgan fingerprint density at radius 3 is 2.74 bits per heavy atom. The third-order valence-corrected chi connectivity index (χ3v) is 4.14. The van der Waals surface area contributed by atoms with E-state index in [1.165, 1.54) is 13.0 Å². The van der Waals surface area contributed by atoms with Crippen molar-refractivity contribution in [3.63, 3.8) is 0 Å². The van der Waals surface area contributed by atoms with Gasteiger partial charge in [0.1, 0.15) is 11.6 Å². The monoisotopic (exact) mass is 381 g/mol. The van der Waals surface area contributed by atoms with Crippen molar-refractivity contribution < 1.29 is 9.18 Å². The molecule has 0 aliphatic carbocycles. The number of pyridine rings is 3. The van der Waals surface area contributed by atoms with Crippen molar-refractivity contribution in [2.24, 2.45) is 0 Å². The maximum atomic E-state index is 13.3. The van der Waals surface area contributed by atoms with Gasteiger partial charge in [0.15, 0.2) is 0 Å². The fourth-order valence-corrected chi connectivity index (χ4v) is 3.03. The number of nitrogens with zero attached hydrogens (tertiary/aromatic N) is 3. The van der Waals surface area contributed by atoms with Crippen LogP contribution in [0.2, 0.25) is 5.02 Å². The second kappa shape index (κ2) is 6.77. The number of hydrogen-bond donors (Lipinski definition) is 2. The highest BCUT2D eigenvalue weighted by Gasteiger charge is 2.18. The molecule has 0 bridgehead atoms. The summed E-state index contributed by atoms with van der Waals surface area (Å²) in [6.45, 7) is 1.41. The van der Waals surface area contributed by atoms with Gasteiger partial charge in [0, 0.05) is 24.9 Å². The molecule has 8 heteroatoms. The highest BCUT2D eigenvalue weighted by atomic mass is 35.5. The largest absolute Gasteiger partial charge is 0.353 e. The highest BCUT2D eigenvalue weighted by molar-refractivity contribution is 6.31. The minimum atomic E-state index is -0.423. The number of H-pyrrole nitrogens is 1. The average molecular weight is 382 g/mol. The maximum Gasteiger partial charge on any atom is 0.222 e. The minimum absolute atomic E-state index is 0.217. The molecule has 1 amide bonds. The first-order chi connectivity index (χ1) is 13.0. The van der Waals surface area contributed by atoms with E-state index in [0.717, 1.165) is 17.3 Å². The molecule has 0 spiro atoms. The van der Waals surface area contributed by atoms with Crippen LogP contribution in [0.1, 0.15) is 6.92 Å². The lowest BCUT2D eigenvalue weighted by molar-refractivity contribution is -0.114. The van der Waals surface area contributed by atoms with E-state index in [-0.39, 0.29) is 5.91 Å².